The van der Waals surface area contributed by atoms with Crippen LogP contribution in [0, 0.1) is 0 Å². The quantitative estimate of drug-likeness (QED) is 0.718. The first-order valence-corrected chi connectivity index (χ1v) is 12.9. The molecule has 2 aromatic carbocycles. The molecule has 1 fully saturated rings. The summed E-state index contributed by atoms with van der Waals surface area (Å²) < 4.78 is 45.9. The number of rotatable bonds is 5. The number of carbonyl (C=O) groups is 2. The van der Waals surface area contributed by atoms with Crippen LogP contribution in [0.4, 0.5) is 0 Å². The minimum absolute atomic E-state index is 0.0562. The monoisotopic (exact) mass is 450 g/mol. The summed E-state index contributed by atoms with van der Waals surface area (Å²) in [5.41, 5.74) is 2.00. The van der Waals surface area contributed by atoms with Crippen molar-refractivity contribution in [2.45, 2.75) is 4.90 Å². The Kier molecular flexibility index (Phi) is 6.27. The van der Waals surface area contributed by atoms with Gasteiger partial charge in [-0.1, -0.05) is 24.3 Å². The Morgan fingerprint density at radius 3 is 1.93 bits per heavy atom. The molecule has 2 amide bonds. The number of nitrogens with one attached hydrogen (secondary N) is 1. The second-order valence-electron chi connectivity index (χ2n) is 7.09. The van der Waals surface area contributed by atoms with Crippen LogP contribution >= 0.6 is 0 Å². The summed E-state index contributed by atoms with van der Waals surface area (Å²) >= 11 is 0. The largest absolute Gasteiger partial charge is 0.343 e. The molecule has 8 nitrogen and oxygen atoms in total. The standard InChI is InChI=1S/C20H22N2O6S2/c1-29(25,26)18-8-6-16(7-9-18)15-2-4-17(5-3-15)20(24)21-14-19(23)22-10-12-30(27,28)13-11-22/h2-9H,10-14H2,1H3,(H,21,24). The number of sulfone groups is 2. The first kappa shape index (κ1) is 22.0. The van der Waals surface area contributed by atoms with E-state index in [-0.39, 0.29) is 41.9 Å². The van der Waals surface area contributed by atoms with Crippen molar-refractivity contribution in [3.63, 3.8) is 0 Å². The van der Waals surface area contributed by atoms with Crippen LogP contribution in [0.15, 0.2) is 53.4 Å². The smallest absolute Gasteiger partial charge is 0.251 e. The molecule has 10 heteroatoms. The highest BCUT2D eigenvalue weighted by molar-refractivity contribution is 7.91. The van der Waals surface area contributed by atoms with Crippen LogP contribution in [-0.4, -0.2) is 70.9 Å². The second-order valence-corrected chi connectivity index (χ2v) is 11.4. The van der Waals surface area contributed by atoms with Crippen LogP contribution in [0.1, 0.15) is 10.4 Å². The zero-order valence-corrected chi connectivity index (χ0v) is 18.0. The first-order valence-electron chi connectivity index (χ1n) is 9.22. The molecule has 0 radical (unpaired) electrons. The molecule has 1 saturated heterocycles. The Morgan fingerprint density at radius 1 is 0.933 bits per heavy atom. The molecule has 0 unspecified atom stereocenters. The van der Waals surface area contributed by atoms with Crippen molar-refractivity contribution in [1.29, 1.82) is 0 Å². The van der Waals surface area contributed by atoms with Gasteiger partial charge in [0.15, 0.2) is 19.7 Å². The van der Waals surface area contributed by atoms with E-state index in [1.807, 2.05) is 0 Å². The maximum atomic E-state index is 12.3. The van der Waals surface area contributed by atoms with Gasteiger partial charge >= 0.3 is 0 Å². The van der Waals surface area contributed by atoms with Crippen LogP contribution in [0.5, 0.6) is 0 Å². The van der Waals surface area contributed by atoms with E-state index in [0.717, 1.165) is 17.4 Å². The molecule has 1 heterocycles. The summed E-state index contributed by atoms with van der Waals surface area (Å²) in [6, 6.07) is 13.2. The molecule has 160 valence electrons. The number of nitrogens with zero attached hydrogens (tertiary/aromatic N) is 1. The molecule has 0 aliphatic carbocycles. The molecule has 0 bridgehead atoms. The molecule has 3 rings (SSSR count). The van der Waals surface area contributed by atoms with E-state index in [4.69, 9.17) is 0 Å². The highest BCUT2D eigenvalue weighted by Gasteiger charge is 2.25. The van der Waals surface area contributed by atoms with Crippen LogP contribution in [0.25, 0.3) is 11.1 Å². The molecule has 30 heavy (non-hydrogen) atoms. The van der Waals surface area contributed by atoms with Crippen LogP contribution < -0.4 is 5.32 Å². The Hall–Kier alpha value is -2.72. The summed E-state index contributed by atoms with van der Waals surface area (Å²) in [6.07, 6.45) is 1.15. The van der Waals surface area contributed by atoms with Gasteiger partial charge in [-0.3, -0.25) is 9.59 Å². The van der Waals surface area contributed by atoms with E-state index in [1.54, 1.807) is 36.4 Å². The summed E-state index contributed by atoms with van der Waals surface area (Å²) in [7, 11) is -6.33. The van der Waals surface area contributed by atoms with E-state index in [1.165, 1.54) is 17.0 Å². The minimum atomic E-state index is -3.26. The molecule has 1 N–H and O–H groups in total. The van der Waals surface area contributed by atoms with Crippen molar-refractivity contribution < 1.29 is 26.4 Å². The highest BCUT2D eigenvalue weighted by atomic mass is 32.2. The zero-order chi connectivity index (χ0) is 21.9. The molecule has 0 aromatic heterocycles. The van der Waals surface area contributed by atoms with E-state index in [2.05, 4.69) is 5.32 Å². The van der Waals surface area contributed by atoms with E-state index < -0.39 is 25.6 Å². The van der Waals surface area contributed by atoms with Crippen LogP contribution in [-0.2, 0) is 24.5 Å². The lowest BCUT2D eigenvalue weighted by Gasteiger charge is -2.26. The number of carbonyl (C=O) groups excluding carboxylic acids is 2. The number of benzene rings is 2. The predicted octanol–water partition coefficient (Wildman–Crippen LogP) is 0.744. The van der Waals surface area contributed by atoms with Gasteiger partial charge in [0.1, 0.15) is 0 Å². The molecule has 2 aromatic rings. The van der Waals surface area contributed by atoms with Crippen molar-refractivity contribution in [1.82, 2.24) is 10.2 Å². The van der Waals surface area contributed by atoms with Gasteiger partial charge in [0.2, 0.25) is 5.91 Å². The van der Waals surface area contributed by atoms with Crippen molar-refractivity contribution in [3.05, 3.63) is 54.1 Å². The average Bonchev–Trinajstić information content (AvgIpc) is 2.71. The van der Waals surface area contributed by atoms with Crippen molar-refractivity contribution in [2.75, 3.05) is 37.4 Å². The maximum Gasteiger partial charge on any atom is 0.251 e. The van der Waals surface area contributed by atoms with Crippen molar-refractivity contribution in [3.8, 4) is 11.1 Å². The third-order valence-corrected chi connectivity index (χ3v) is 7.60. The third kappa shape index (κ3) is 5.45. The molecule has 0 saturated carbocycles. The van der Waals surface area contributed by atoms with Gasteiger partial charge in [-0.2, -0.15) is 0 Å². The molecular formula is C20H22N2O6S2. The van der Waals surface area contributed by atoms with Gasteiger partial charge in [-0.15, -0.1) is 0 Å². The lowest BCUT2D eigenvalue weighted by Crippen LogP contribution is -2.47. The molecule has 1 aliphatic rings. The summed E-state index contributed by atoms with van der Waals surface area (Å²) in [6.45, 7) is 0.0846. The third-order valence-electron chi connectivity index (χ3n) is 4.86. The van der Waals surface area contributed by atoms with Crippen LogP contribution in [0.2, 0.25) is 0 Å². The number of hydrogen-bond acceptors (Lipinski definition) is 6. The fourth-order valence-electron chi connectivity index (χ4n) is 3.04. The first-order chi connectivity index (χ1) is 14.0. The SMILES string of the molecule is CS(=O)(=O)c1ccc(-c2ccc(C(=O)NCC(=O)N3CCS(=O)(=O)CC3)cc2)cc1. The van der Waals surface area contributed by atoms with Crippen molar-refractivity contribution in [2.24, 2.45) is 0 Å². The fraction of sp³-hybridized carbons (Fsp3) is 0.300. The van der Waals surface area contributed by atoms with Gasteiger partial charge in [0.05, 0.1) is 22.9 Å². The summed E-state index contributed by atoms with van der Waals surface area (Å²) in [4.78, 5) is 26.1. The minimum Gasteiger partial charge on any atom is -0.343 e. The van der Waals surface area contributed by atoms with Gasteiger partial charge in [-0.25, -0.2) is 16.8 Å². The van der Waals surface area contributed by atoms with E-state index in [0.29, 0.717) is 5.56 Å². The van der Waals surface area contributed by atoms with E-state index >= 15 is 0 Å². The lowest BCUT2D eigenvalue weighted by molar-refractivity contribution is -0.129. The second kappa shape index (κ2) is 8.57. The lowest BCUT2D eigenvalue weighted by atomic mass is 10.0. The molecular weight excluding hydrogens is 428 g/mol. The van der Waals surface area contributed by atoms with Crippen LogP contribution in [0.3, 0.4) is 0 Å². The molecule has 1 aliphatic heterocycles. The Balaban J connectivity index is 1.58. The normalized spacial score (nSPS) is 16.1. The number of amides is 2. The molecule has 0 atom stereocenters. The van der Waals surface area contributed by atoms with Gasteiger partial charge in [0, 0.05) is 24.9 Å². The highest BCUT2D eigenvalue weighted by Crippen LogP contribution is 2.22. The molecule has 0 spiro atoms. The maximum absolute atomic E-state index is 12.3. The van der Waals surface area contributed by atoms with Gasteiger partial charge in [0.25, 0.3) is 5.91 Å². The van der Waals surface area contributed by atoms with Gasteiger partial charge in [-0.05, 0) is 35.4 Å². The van der Waals surface area contributed by atoms with Crippen molar-refractivity contribution >= 4 is 31.5 Å². The predicted molar refractivity (Wildman–Crippen MR) is 113 cm³/mol. The Bertz CT molecular complexity index is 1140. The topological polar surface area (TPSA) is 118 Å². The summed E-state index contributed by atoms with van der Waals surface area (Å²) in [5, 5.41) is 2.55. The van der Waals surface area contributed by atoms with E-state index in [9.17, 15) is 26.4 Å². The zero-order valence-electron chi connectivity index (χ0n) is 16.4. The number of hydrogen-bond donors (Lipinski definition) is 1. The Labute approximate surface area is 175 Å². The average molecular weight is 451 g/mol. The summed E-state index contributed by atoms with van der Waals surface area (Å²) in [5.74, 6) is -0.841. The Morgan fingerprint density at radius 2 is 1.43 bits per heavy atom. The van der Waals surface area contributed by atoms with Gasteiger partial charge < -0.3 is 10.2 Å². The fourth-order valence-corrected chi connectivity index (χ4v) is 4.87.